The standard InChI is InChI=1S/C24H21ClN2O3/c1-15(2)16-10-11-22-20(13-16)27-24(30-22)17-6-5-7-18(12-17)26-23(28)14-29-21-9-4-3-8-19(21)25/h3-13,15H,14H2,1-2H3,(H,26,28). The molecule has 152 valence electrons. The molecule has 0 saturated heterocycles. The van der Waals surface area contributed by atoms with Gasteiger partial charge in [0.1, 0.15) is 11.3 Å². The summed E-state index contributed by atoms with van der Waals surface area (Å²) in [5.41, 5.74) is 4.17. The summed E-state index contributed by atoms with van der Waals surface area (Å²) in [4.78, 5) is 16.9. The number of oxazole rings is 1. The Morgan fingerprint density at radius 2 is 1.93 bits per heavy atom. The number of carbonyl (C=O) groups excluding carboxylic acids is 1. The van der Waals surface area contributed by atoms with Gasteiger partial charge >= 0.3 is 0 Å². The Labute approximate surface area is 179 Å². The molecule has 4 aromatic rings. The van der Waals surface area contributed by atoms with Crippen LogP contribution in [0.2, 0.25) is 5.02 Å². The highest BCUT2D eigenvalue weighted by Gasteiger charge is 2.12. The monoisotopic (exact) mass is 420 g/mol. The zero-order valence-corrected chi connectivity index (χ0v) is 17.4. The van der Waals surface area contributed by atoms with Gasteiger partial charge in [-0.25, -0.2) is 4.98 Å². The Balaban J connectivity index is 1.48. The zero-order chi connectivity index (χ0) is 21.1. The third kappa shape index (κ3) is 4.47. The van der Waals surface area contributed by atoms with Gasteiger partial charge in [0.05, 0.1) is 5.02 Å². The molecule has 0 saturated carbocycles. The molecular weight excluding hydrogens is 400 g/mol. The molecule has 5 nitrogen and oxygen atoms in total. The van der Waals surface area contributed by atoms with Crippen LogP contribution < -0.4 is 10.1 Å². The van der Waals surface area contributed by atoms with E-state index in [0.29, 0.717) is 28.3 Å². The number of aromatic nitrogens is 1. The molecular formula is C24H21ClN2O3. The van der Waals surface area contributed by atoms with Crippen LogP contribution in [0.1, 0.15) is 25.3 Å². The second-order valence-electron chi connectivity index (χ2n) is 7.25. The van der Waals surface area contributed by atoms with Crippen molar-refractivity contribution < 1.29 is 13.9 Å². The van der Waals surface area contributed by atoms with Crippen molar-refractivity contribution in [2.75, 3.05) is 11.9 Å². The fraction of sp³-hybridized carbons (Fsp3) is 0.167. The summed E-state index contributed by atoms with van der Waals surface area (Å²) in [5.74, 6) is 1.11. The van der Waals surface area contributed by atoms with E-state index in [0.717, 1.165) is 16.7 Å². The van der Waals surface area contributed by atoms with Crippen molar-refractivity contribution in [1.29, 1.82) is 0 Å². The Hall–Kier alpha value is -3.31. The predicted molar refractivity (Wildman–Crippen MR) is 119 cm³/mol. The van der Waals surface area contributed by atoms with Gasteiger partial charge in [-0.2, -0.15) is 0 Å². The van der Waals surface area contributed by atoms with Crippen LogP contribution in [0.5, 0.6) is 5.75 Å². The molecule has 6 heteroatoms. The van der Waals surface area contributed by atoms with Crippen LogP contribution in [-0.4, -0.2) is 17.5 Å². The van der Waals surface area contributed by atoms with Gasteiger partial charge in [-0.3, -0.25) is 4.79 Å². The minimum Gasteiger partial charge on any atom is -0.482 e. The number of hydrogen-bond donors (Lipinski definition) is 1. The van der Waals surface area contributed by atoms with E-state index in [9.17, 15) is 4.79 Å². The van der Waals surface area contributed by atoms with Crippen molar-refractivity contribution >= 4 is 34.3 Å². The number of hydrogen-bond acceptors (Lipinski definition) is 4. The lowest BCUT2D eigenvalue weighted by Crippen LogP contribution is -2.20. The Bertz CT molecular complexity index is 1200. The van der Waals surface area contributed by atoms with E-state index < -0.39 is 0 Å². The number of anilines is 1. The topological polar surface area (TPSA) is 64.4 Å². The molecule has 4 rings (SSSR count). The molecule has 0 aliphatic rings. The average molecular weight is 421 g/mol. The molecule has 3 aromatic carbocycles. The second-order valence-corrected chi connectivity index (χ2v) is 7.66. The quantitative estimate of drug-likeness (QED) is 0.398. The highest BCUT2D eigenvalue weighted by Crippen LogP contribution is 2.28. The van der Waals surface area contributed by atoms with Gasteiger partial charge in [0.2, 0.25) is 5.89 Å². The van der Waals surface area contributed by atoms with Gasteiger partial charge in [-0.05, 0) is 53.9 Å². The molecule has 0 bridgehead atoms. The number of carbonyl (C=O) groups is 1. The summed E-state index contributed by atoms with van der Waals surface area (Å²) in [6, 6.07) is 20.4. The number of para-hydroxylation sites is 1. The van der Waals surface area contributed by atoms with Crippen molar-refractivity contribution in [1.82, 2.24) is 4.98 Å². The number of fused-ring (bicyclic) bond motifs is 1. The highest BCUT2D eigenvalue weighted by atomic mass is 35.5. The first-order valence-corrected chi connectivity index (χ1v) is 10.1. The maximum absolute atomic E-state index is 12.3. The highest BCUT2D eigenvalue weighted by molar-refractivity contribution is 6.32. The molecule has 0 spiro atoms. The molecule has 0 aliphatic carbocycles. The Morgan fingerprint density at radius 1 is 1.10 bits per heavy atom. The number of nitrogens with one attached hydrogen (secondary N) is 1. The third-order valence-electron chi connectivity index (χ3n) is 4.67. The van der Waals surface area contributed by atoms with Gasteiger partial charge in [0.15, 0.2) is 12.2 Å². The van der Waals surface area contributed by atoms with E-state index in [1.807, 2.05) is 30.3 Å². The summed E-state index contributed by atoms with van der Waals surface area (Å²) in [5, 5.41) is 3.29. The molecule has 0 fully saturated rings. The van der Waals surface area contributed by atoms with E-state index in [4.69, 9.17) is 20.8 Å². The molecule has 0 aliphatic heterocycles. The lowest BCUT2D eigenvalue weighted by atomic mass is 10.0. The third-order valence-corrected chi connectivity index (χ3v) is 4.98. The van der Waals surface area contributed by atoms with E-state index >= 15 is 0 Å². The largest absolute Gasteiger partial charge is 0.482 e. The SMILES string of the molecule is CC(C)c1ccc2oc(-c3cccc(NC(=O)COc4ccccc4Cl)c3)nc2c1. The summed E-state index contributed by atoms with van der Waals surface area (Å²) >= 11 is 6.04. The minimum absolute atomic E-state index is 0.144. The van der Waals surface area contributed by atoms with Crippen LogP contribution in [0, 0.1) is 0 Å². The molecule has 1 N–H and O–H groups in total. The van der Waals surface area contributed by atoms with Crippen molar-refractivity contribution in [3.8, 4) is 17.2 Å². The molecule has 0 atom stereocenters. The first-order valence-electron chi connectivity index (χ1n) is 9.68. The fourth-order valence-corrected chi connectivity index (χ4v) is 3.25. The maximum atomic E-state index is 12.3. The van der Waals surface area contributed by atoms with Crippen LogP contribution >= 0.6 is 11.6 Å². The average Bonchev–Trinajstić information content (AvgIpc) is 3.17. The van der Waals surface area contributed by atoms with Crippen LogP contribution in [0.15, 0.2) is 71.1 Å². The molecule has 30 heavy (non-hydrogen) atoms. The van der Waals surface area contributed by atoms with E-state index in [2.05, 4.69) is 30.2 Å². The number of benzene rings is 3. The number of halogens is 1. The Kier molecular flexibility index (Phi) is 5.72. The maximum Gasteiger partial charge on any atom is 0.262 e. The summed E-state index contributed by atoms with van der Waals surface area (Å²) in [6.45, 7) is 4.14. The minimum atomic E-state index is -0.286. The molecule has 0 radical (unpaired) electrons. The van der Waals surface area contributed by atoms with Crippen molar-refractivity contribution in [3.63, 3.8) is 0 Å². The van der Waals surface area contributed by atoms with Gasteiger partial charge in [-0.15, -0.1) is 0 Å². The van der Waals surface area contributed by atoms with Crippen LogP contribution in [0.3, 0.4) is 0 Å². The van der Waals surface area contributed by atoms with Crippen LogP contribution in [-0.2, 0) is 4.79 Å². The van der Waals surface area contributed by atoms with Gasteiger partial charge in [-0.1, -0.05) is 49.7 Å². The van der Waals surface area contributed by atoms with Gasteiger partial charge in [0.25, 0.3) is 5.91 Å². The Morgan fingerprint density at radius 3 is 2.73 bits per heavy atom. The van der Waals surface area contributed by atoms with Crippen molar-refractivity contribution in [3.05, 3.63) is 77.3 Å². The second kappa shape index (κ2) is 8.59. The van der Waals surface area contributed by atoms with E-state index in [1.54, 1.807) is 30.3 Å². The van der Waals surface area contributed by atoms with E-state index in [-0.39, 0.29) is 12.5 Å². The summed E-state index contributed by atoms with van der Waals surface area (Å²) in [7, 11) is 0. The first-order chi connectivity index (χ1) is 14.5. The molecule has 1 amide bonds. The molecule has 1 aromatic heterocycles. The smallest absolute Gasteiger partial charge is 0.262 e. The number of ether oxygens (including phenoxy) is 1. The van der Waals surface area contributed by atoms with E-state index in [1.165, 1.54) is 5.56 Å². The summed E-state index contributed by atoms with van der Waals surface area (Å²) < 4.78 is 11.4. The lowest BCUT2D eigenvalue weighted by Gasteiger charge is -2.09. The molecule has 0 unspecified atom stereocenters. The summed E-state index contributed by atoms with van der Waals surface area (Å²) in [6.07, 6.45) is 0. The van der Waals surface area contributed by atoms with Crippen molar-refractivity contribution in [2.24, 2.45) is 0 Å². The predicted octanol–water partition coefficient (Wildman–Crippen LogP) is 6.29. The lowest BCUT2D eigenvalue weighted by molar-refractivity contribution is -0.118. The zero-order valence-electron chi connectivity index (χ0n) is 16.7. The molecule has 1 heterocycles. The first kappa shape index (κ1) is 20.0. The van der Waals surface area contributed by atoms with Gasteiger partial charge < -0.3 is 14.5 Å². The van der Waals surface area contributed by atoms with Gasteiger partial charge in [0, 0.05) is 11.3 Å². The number of rotatable bonds is 6. The number of amides is 1. The normalized spacial score (nSPS) is 11.1. The van der Waals surface area contributed by atoms with Crippen molar-refractivity contribution in [2.45, 2.75) is 19.8 Å². The fourth-order valence-electron chi connectivity index (χ4n) is 3.06. The number of nitrogens with zero attached hydrogens (tertiary/aromatic N) is 1. The van der Waals surface area contributed by atoms with Crippen LogP contribution in [0.4, 0.5) is 5.69 Å². The van der Waals surface area contributed by atoms with Crippen LogP contribution in [0.25, 0.3) is 22.6 Å².